The lowest BCUT2D eigenvalue weighted by atomic mass is 10.1. The number of benzene rings is 1. The van der Waals surface area contributed by atoms with E-state index in [1.165, 1.54) is 0 Å². The van der Waals surface area contributed by atoms with Gasteiger partial charge in [-0.05, 0) is 52.8 Å². The highest BCUT2D eigenvalue weighted by Gasteiger charge is 2.17. The number of carbonyl (C=O) groups is 1. The summed E-state index contributed by atoms with van der Waals surface area (Å²) in [6.07, 6.45) is 0. The average Bonchev–Trinajstić information content (AvgIpc) is 2.79. The molecular formula is C18H27N3O3. The van der Waals surface area contributed by atoms with Gasteiger partial charge >= 0.3 is 5.69 Å². The number of H-pyrrole nitrogens is 1. The van der Waals surface area contributed by atoms with Crippen molar-refractivity contribution in [1.29, 1.82) is 0 Å². The Balaban J connectivity index is 2.20. The number of nitrogens with zero attached hydrogens (tertiary/aromatic N) is 2. The van der Waals surface area contributed by atoms with E-state index in [9.17, 15) is 9.59 Å². The third-order valence-electron chi connectivity index (χ3n) is 3.79. The number of aromatic nitrogens is 2. The molecule has 2 rings (SSSR count). The zero-order valence-corrected chi connectivity index (χ0v) is 15.3. The molecule has 2 aromatic rings. The summed E-state index contributed by atoms with van der Waals surface area (Å²) in [7, 11) is 1.76. The van der Waals surface area contributed by atoms with E-state index in [1.807, 2.05) is 34.6 Å². The molecule has 0 spiro atoms. The van der Waals surface area contributed by atoms with Crippen LogP contribution < -0.4 is 5.69 Å². The predicted molar refractivity (Wildman–Crippen MR) is 95.6 cm³/mol. The van der Waals surface area contributed by atoms with Gasteiger partial charge < -0.3 is 14.6 Å². The topological polar surface area (TPSA) is 67.3 Å². The molecule has 0 saturated carbocycles. The second kappa shape index (κ2) is 6.81. The number of nitrogens with one attached hydrogen (secondary N) is 1. The molecule has 0 bridgehead atoms. The normalized spacial score (nSPS) is 12.1. The van der Waals surface area contributed by atoms with Crippen LogP contribution in [0.15, 0.2) is 23.0 Å². The highest BCUT2D eigenvalue weighted by atomic mass is 16.5. The zero-order valence-electron chi connectivity index (χ0n) is 15.3. The number of ether oxygens (including phenoxy) is 1. The van der Waals surface area contributed by atoms with E-state index < -0.39 is 0 Å². The Morgan fingerprint density at radius 2 is 2.00 bits per heavy atom. The van der Waals surface area contributed by atoms with Crippen molar-refractivity contribution >= 4 is 16.9 Å². The molecule has 1 N–H and O–H groups in total. The number of hydrogen-bond donors (Lipinski definition) is 1. The summed E-state index contributed by atoms with van der Waals surface area (Å²) >= 11 is 0. The minimum Gasteiger partial charge on any atom is -0.374 e. The van der Waals surface area contributed by atoms with Crippen molar-refractivity contribution in [1.82, 2.24) is 14.5 Å². The second-order valence-electron chi connectivity index (χ2n) is 7.31. The number of amides is 1. The Morgan fingerprint density at radius 3 is 2.58 bits per heavy atom. The fraction of sp³-hybridized carbons (Fsp3) is 0.556. The quantitative estimate of drug-likeness (QED) is 0.915. The molecule has 0 aliphatic rings. The lowest BCUT2D eigenvalue weighted by molar-refractivity contribution is -0.00973. The second-order valence-corrected chi connectivity index (χ2v) is 7.31. The summed E-state index contributed by atoms with van der Waals surface area (Å²) in [6.45, 7) is 10.8. The first kappa shape index (κ1) is 18.3. The lowest BCUT2D eigenvalue weighted by Crippen LogP contribution is -2.32. The van der Waals surface area contributed by atoms with Gasteiger partial charge in [0.1, 0.15) is 0 Å². The molecule has 1 amide bonds. The van der Waals surface area contributed by atoms with Crippen LogP contribution in [0.3, 0.4) is 0 Å². The summed E-state index contributed by atoms with van der Waals surface area (Å²) in [6, 6.07) is 5.32. The van der Waals surface area contributed by atoms with Gasteiger partial charge in [-0.25, -0.2) is 4.79 Å². The minimum atomic E-state index is -0.221. The Hall–Kier alpha value is -2.08. The van der Waals surface area contributed by atoms with Crippen molar-refractivity contribution in [2.24, 2.45) is 0 Å². The van der Waals surface area contributed by atoms with Gasteiger partial charge in [0.25, 0.3) is 5.91 Å². The number of hydrogen-bond acceptors (Lipinski definition) is 3. The fourth-order valence-corrected chi connectivity index (χ4v) is 2.58. The maximum absolute atomic E-state index is 12.6. The number of carbonyl (C=O) groups excluding carboxylic acids is 1. The average molecular weight is 333 g/mol. The van der Waals surface area contributed by atoms with Crippen LogP contribution in [0.4, 0.5) is 0 Å². The first-order valence-corrected chi connectivity index (χ1v) is 8.24. The fourth-order valence-electron chi connectivity index (χ4n) is 2.58. The minimum absolute atomic E-state index is 0.0227. The Labute approximate surface area is 142 Å². The first-order chi connectivity index (χ1) is 11.1. The molecular weight excluding hydrogens is 306 g/mol. The molecule has 24 heavy (non-hydrogen) atoms. The lowest BCUT2D eigenvalue weighted by Gasteiger charge is -2.23. The van der Waals surface area contributed by atoms with Gasteiger partial charge in [-0.2, -0.15) is 0 Å². The molecule has 0 atom stereocenters. The first-order valence-electron chi connectivity index (χ1n) is 8.24. The summed E-state index contributed by atoms with van der Waals surface area (Å²) in [5.74, 6) is -0.0848. The molecule has 1 heterocycles. The van der Waals surface area contributed by atoms with Gasteiger partial charge in [0, 0.05) is 25.2 Å². The van der Waals surface area contributed by atoms with Gasteiger partial charge in [-0.3, -0.25) is 9.36 Å². The van der Waals surface area contributed by atoms with Crippen LogP contribution in [0.25, 0.3) is 11.0 Å². The number of aromatic amines is 1. The van der Waals surface area contributed by atoms with Crippen molar-refractivity contribution < 1.29 is 9.53 Å². The molecule has 0 saturated heterocycles. The Morgan fingerprint density at radius 1 is 1.33 bits per heavy atom. The summed E-state index contributed by atoms with van der Waals surface area (Å²) in [5.41, 5.74) is 1.68. The molecule has 6 nitrogen and oxygen atoms in total. The smallest absolute Gasteiger partial charge is 0.326 e. The van der Waals surface area contributed by atoms with Crippen LogP contribution in [0.1, 0.15) is 51.0 Å². The Bertz CT molecular complexity index is 781. The molecule has 132 valence electrons. The van der Waals surface area contributed by atoms with Crippen molar-refractivity contribution in [3.8, 4) is 0 Å². The van der Waals surface area contributed by atoms with Gasteiger partial charge in [-0.1, -0.05) is 0 Å². The molecule has 0 fully saturated rings. The van der Waals surface area contributed by atoms with Gasteiger partial charge in [0.2, 0.25) is 0 Å². The molecule has 0 aliphatic carbocycles. The highest BCUT2D eigenvalue weighted by molar-refractivity contribution is 5.97. The predicted octanol–water partition coefficient (Wildman–Crippen LogP) is 2.80. The number of imidazole rings is 1. The van der Waals surface area contributed by atoms with E-state index in [1.54, 1.807) is 34.7 Å². The van der Waals surface area contributed by atoms with Gasteiger partial charge in [-0.15, -0.1) is 0 Å². The van der Waals surface area contributed by atoms with Gasteiger partial charge in [0.05, 0.1) is 23.2 Å². The largest absolute Gasteiger partial charge is 0.374 e. The van der Waals surface area contributed by atoms with Crippen LogP contribution >= 0.6 is 0 Å². The molecule has 1 aromatic heterocycles. The van der Waals surface area contributed by atoms with E-state index in [0.717, 1.165) is 11.0 Å². The Kier molecular flexibility index (Phi) is 5.18. The third kappa shape index (κ3) is 4.06. The summed E-state index contributed by atoms with van der Waals surface area (Å²) in [4.78, 5) is 29.1. The van der Waals surface area contributed by atoms with E-state index in [2.05, 4.69) is 4.98 Å². The van der Waals surface area contributed by atoms with E-state index in [0.29, 0.717) is 18.7 Å². The standard InChI is InChI=1S/C18H27N3O3/c1-12(2)21-15-11-13(7-8-14(15)19-17(21)23)16(22)20(6)9-10-24-18(3,4)5/h7-8,11-12H,9-10H2,1-6H3,(H,19,23). The van der Waals surface area contributed by atoms with Crippen molar-refractivity contribution in [2.45, 2.75) is 46.3 Å². The zero-order chi connectivity index (χ0) is 18.1. The van der Waals surface area contributed by atoms with Gasteiger partial charge in [0.15, 0.2) is 0 Å². The van der Waals surface area contributed by atoms with Crippen molar-refractivity contribution in [3.63, 3.8) is 0 Å². The number of likely N-dealkylation sites (N-methyl/N-ethyl adjacent to an activating group) is 1. The maximum Gasteiger partial charge on any atom is 0.326 e. The van der Waals surface area contributed by atoms with Crippen LogP contribution in [0, 0.1) is 0 Å². The molecule has 6 heteroatoms. The summed E-state index contributed by atoms with van der Waals surface area (Å²) < 4.78 is 7.33. The van der Waals surface area contributed by atoms with Crippen LogP contribution in [-0.4, -0.2) is 46.2 Å². The SMILES string of the molecule is CC(C)n1c(=O)[nH]c2ccc(C(=O)N(C)CCOC(C)(C)C)cc21. The van der Waals surface area contributed by atoms with Crippen LogP contribution in [0.2, 0.25) is 0 Å². The van der Waals surface area contributed by atoms with E-state index >= 15 is 0 Å². The van der Waals surface area contributed by atoms with Crippen molar-refractivity contribution in [3.05, 3.63) is 34.2 Å². The van der Waals surface area contributed by atoms with Crippen LogP contribution in [-0.2, 0) is 4.74 Å². The van der Waals surface area contributed by atoms with Crippen molar-refractivity contribution in [2.75, 3.05) is 20.2 Å². The maximum atomic E-state index is 12.6. The molecule has 0 aliphatic heterocycles. The van der Waals surface area contributed by atoms with Crippen LogP contribution in [0.5, 0.6) is 0 Å². The highest BCUT2D eigenvalue weighted by Crippen LogP contribution is 2.17. The monoisotopic (exact) mass is 333 g/mol. The van der Waals surface area contributed by atoms with E-state index in [-0.39, 0.29) is 23.2 Å². The molecule has 0 radical (unpaired) electrons. The molecule has 0 unspecified atom stereocenters. The third-order valence-corrected chi connectivity index (χ3v) is 3.79. The molecule has 1 aromatic carbocycles. The summed E-state index contributed by atoms with van der Waals surface area (Å²) in [5, 5.41) is 0. The number of fused-ring (bicyclic) bond motifs is 1. The van der Waals surface area contributed by atoms with E-state index in [4.69, 9.17) is 4.74 Å². The number of rotatable bonds is 5.